The number of pyridine rings is 1. The monoisotopic (exact) mass is 324 g/mol. The maximum atomic E-state index is 4.98. The van der Waals surface area contributed by atoms with Gasteiger partial charge < -0.3 is 0 Å². The van der Waals surface area contributed by atoms with Crippen molar-refractivity contribution in [1.82, 2.24) is 19.4 Å². The van der Waals surface area contributed by atoms with Crippen LogP contribution in [0.3, 0.4) is 0 Å². The van der Waals surface area contributed by atoms with Crippen molar-refractivity contribution < 1.29 is 0 Å². The van der Waals surface area contributed by atoms with E-state index in [1.165, 1.54) is 63.7 Å². The maximum Gasteiger partial charge on any atom is 0.138 e. The van der Waals surface area contributed by atoms with E-state index in [1.807, 2.05) is 19.3 Å². The summed E-state index contributed by atoms with van der Waals surface area (Å²) in [6.07, 6.45) is 13.5. The smallest absolute Gasteiger partial charge is 0.138 e. The molecule has 3 heterocycles. The van der Waals surface area contributed by atoms with Crippen molar-refractivity contribution >= 4 is 0 Å². The first-order valence-corrected chi connectivity index (χ1v) is 9.52. The fraction of sp³-hybridized carbons (Fsp3) is 0.600. The normalized spacial score (nSPS) is 23.5. The second-order valence-electron chi connectivity index (χ2n) is 7.39. The van der Waals surface area contributed by atoms with Crippen LogP contribution in [0, 0.1) is 6.92 Å². The predicted octanol–water partition coefficient (Wildman–Crippen LogP) is 4.09. The SMILES string of the molecule is Cc1nccn1-c1cccc([C@@H]2CCCN(C3CCCCC3)C2)n1. The third-order valence-corrected chi connectivity index (χ3v) is 5.79. The number of aromatic nitrogens is 3. The Morgan fingerprint density at radius 2 is 1.92 bits per heavy atom. The van der Waals surface area contributed by atoms with Gasteiger partial charge in [-0.1, -0.05) is 25.3 Å². The lowest BCUT2D eigenvalue weighted by Gasteiger charge is -2.40. The van der Waals surface area contributed by atoms with Crippen LogP contribution in [0.4, 0.5) is 0 Å². The highest BCUT2D eigenvalue weighted by Gasteiger charge is 2.28. The van der Waals surface area contributed by atoms with Crippen molar-refractivity contribution in [3.05, 3.63) is 42.1 Å². The zero-order chi connectivity index (χ0) is 16.4. The second-order valence-corrected chi connectivity index (χ2v) is 7.39. The molecule has 24 heavy (non-hydrogen) atoms. The summed E-state index contributed by atoms with van der Waals surface area (Å²) < 4.78 is 2.07. The van der Waals surface area contributed by atoms with E-state index < -0.39 is 0 Å². The van der Waals surface area contributed by atoms with Crippen molar-refractivity contribution in [3.63, 3.8) is 0 Å². The van der Waals surface area contributed by atoms with Gasteiger partial charge in [0, 0.05) is 36.6 Å². The molecule has 4 rings (SSSR count). The van der Waals surface area contributed by atoms with E-state index in [1.54, 1.807) is 0 Å². The van der Waals surface area contributed by atoms with Gasteiger partial charge in [0.2, 0.25) is 0 Å². The van der Waals surface area contributed by atoms with Gasteiger partial charge in [-0.05, 0) is 51.3 Å². The molecule has 1 atom stereocenters. The van der Waals surface area contributed by atoms with Gasteiger partial charge in [0.25, 0.3) is 0 Å². The number of nitrogens with zero attached hydrogens (tertiary/aromatic N) is 4. The minimum atomic E-state index is 0.574. The first kappa shape index (κ1) is 15.8. The van der Waals surface area contributed by atoms with Crippen LogP contribution in [0.2, 0.25) is 0 Å². The molecule has 2 fully saturated rings. The molecule has 128 valence electrons. The van der Waals surface area contributed by atoms with Crippen LogP contribution in [-0.4, -0.2) is 38.6 Å². The van der Waals surface area contributed by atoms with Crippen LogP contribution in [0.25, 0.3) is 5.82 Å². The molecule has 2 aromatic rings. The van der Waals surface area contributed by atoms with Gasteiger partial charge in [-0.15, -0.1) is 0 Å². The molecule has 1 aliphatic carbocycles. The molecule has 2 aliphatic rings. The Labute approximate surface area is 144 Å². The Hall–Kier alpha value is -1.68. The quantitative estimate of drug-likeness (QED) is 0.853. The molecule has 4 heteroatoms. The van der Waals surface area contributed by atoms with E-state index in [2.05, 4.69) is 32.7 Å². The zero-order valence-corrected chi connectivity index (χ0v) is 14.7. The maximum absolute atomic E-state index is 4.98. The van der Waals surface area contributed by atoms with Crippen LogP contribution in [0.1, 0.15) is 62.4 Å². The number of aryl methyl sites for hydroxylation is 1. The molecule has 2 aromatic heterocycles. The van der Waals surface area contributed by atoms with E-state index >= 15 is 0 Å². The van der Waals surface area contributed by atoms with Crippen molar-refractivity contribution in [2.75, 3.05) is 13.1 Å². The summed E-state index contributed by atoms with van der Waals surface area (Å²) in [5.74, 6) is 2.56. The molecule has 0 radical (unpaired) electrons. The Kier molecular flexibility index (Phi) is 4.65. The Bertz CT molecular complexity index is 672. The second kappa shape index (κ2) is 7.06. The van der Waals surface area contributed by atoms with Crippen molar-refractivity contribution in [3.8, 4) is 5.82 Å². The first-order chi connectivity index (χ1) is 11.8. The highest BCUT2D eigenvalue weighted by Crippen LogP contribution is 2.31. The average Bonchev–Trinajstić information content (AvgIpc) is 3.09. The Morgan fingerprint density at radius 3 is 2.71 bits per heavy atom. The van der Waals surface area contributed by atoms with Gasteiger partial charge >= 0.3 is 0 Å². The minimum absolute atomic E-state index is 0.574. The zero-order valence-electron chi connectivity index (χ0n) is 14.7. The molecule has 1 aliphatic heterocycles. The number of imidazole rings is 1. The van der Waals surface area contributed by atoms with Gasteiger partial charge in [-0.3, -0.25) is 9.47 Å². The molecular formula is C20H28N4. The van der Waals surface area contributed by atoms with Crippen molar-refractivity contribution in [1.29, 1.82) is 0 Å². The van der Waals surface area contributed by atoms with Crippen LogP contribution >= 0.6 is 0 Å². The molecular weight excluding hydrogens is 296 g/mol. The summed E-state index contributed by atoms with van der Waals surface area (Å²) in [5, 5.41) is 0. The number of piperidine rings is 1. The van der Waals surface area contributed by atoms with Gasteiger partial charge in [0.15, 0.2) is 0 Å². The highest BCUT2D eigenvalue weighted by atomic mass is 15.2. The standard InChI is InChI=1S/C20H28N4/c1-16-21-12-14-24(16)20-11-5-10-19(22-20)17-7-6-13-23(15-17)18-8-3-2-4-9-18/h5,10-12,14,17-18H,2-4,6-9,13,15H2,1H3/t17-/m1/s1. The molecule has 0 bridgehead atoms. The lowest BCUT2D eigenvalue weighted by Crippen LogP contribution is -2.43. The lowest BCUT2D eigenvalue weighted by atomic mass is 9.89. The molecule has 0 spiro atoms. The third-order valence-electron chi connectivity index (χ3n) is 5.79. The van der Waals surface area contributed by atoms with Crippen LogP contribution < -0.4 is 0 Å². The fourth-order valence-corrected chi connectivity index (χ4v) is 4.45. The van der Waals surface area contributed by atoms with E-state index in [0.29, 0.717) is 5.92 Å². The number of likely N-dealkylation sites (tertiary alicyclic amines) is 1. The van der Waals surface area contributed by atoms with Gasteiger partial charge in [-0.2, -0.15) is 0 Å². The van der Waals surface area contributed by atoms with E-state index in [-0.39, 0.29) is 0 Å². The van der Waals surface area contributed by atoms with Crippen LogP contribution in [-0.2, 0) is 0 Å². The molecule has 0 N–H and O–H groups in total. The van der Waals surface area contributed by atoms with Gasteiger partial charge in [0.1, 0.15) is 11.6 Å². The number of hydrogen-bond donors (Lipinski definition) is 0. The Morgan fingerprint density at radius 1 is 1.04 bits per heavy atom. The highest BCUT2D eigenvalue weighted by molar-refractivity contribution is 5.28. The lowest BCUT2D eigenvalue weighted by molar-refractivity contribution is 0.118. The molecule has 1 saturated carbocycles. The van der Waals surface area contributed by atoms with Crippen molar-refractivity contribution in [2.24, 2.45) is 0 Å². The minimum Gasteiger partial charge on any atom is -0.300 e. The summed E-state index contributed by atoms with van der Waals surface area (Å²) in [6, 6.07) is 7.27. The summed E-state index contributed by atoms with van der Waals surface area (Å²) in [6.45, 7) is 4.49. The van der Waals surface area contributed by atoms with Gasteiger partial charge in [-0.25, -0.2) is 9.97 Å². The summed E-state index contributed by atoms with van der Waals surface area (Å²) in [4.78, 5) is 12.1. The largest absolute Gasteiger partial charge is 0.300 e. The molecule has 0 amide bonds. The Balaban J connectivity index is 1.52. The van der Waals surface area contributed by atoms with Crippen LogP contribution in [0.5, 0.6) is 0 Å². The van der Waals surface area contributed by atoms with E-state index in [0.717, 1.165) is 17.7 Å². The predicted molar refractivity (Wildman–Crippen MR) is 96.5 cm³/mol. The first-order valence-electron chi connectivity index (χ1n) is 9.52. The number of rotatable bonds is 3. The topological polar surface area (TPSA) is 34.0 Å². The summed E-state index contributed by atoms with van der Waals surface area (Å²) in [5.41, 5.74) is 1.25. The van der Waals surface area contributed by atoms with E-state index in [9.17, 15) is 0 Å². The van der Waals surface area contributed by atoms with Crippen molar-refractivity contribution in [2.45, 2.75) is 63.8 Å². The molecule has 0 aromatic carbocycles. The van der Waals surface area contributed by atoms with Gasteiger partial charge in [0.05, 0.1) is 0 Å². The third kappa shape index (κ3) is 3.25. The van der Waals surface area contributed by atoms with Crippen LogP contribution in [0.15, 0.2) is 30.6 Å². The average molecular weight is 324 g/mol. The molecule has 4 nitrogen and oxygen atoms in total. The fourth-order valence-electron chi connectivity index (χ4n) is 4.45. The summed E-state index contributed by atoms with van der Waals surface area (Å²) >= 11 is 0. The molecule has 1 saturated heterocycles. The molecule has 0 unspecified atom stereocenters. The summed E-state index contributed by atoms with van der Waals surface area (Å²) in [7, 11) is 0. The van der Waals surface area contributed by atoms with E-state index in [4.69, 9.17) is 4.98 Å². The number of hydrogen-bond acceptors (Lipinski definition) is 3.